The monoisotopic (exact) mass is 312 g/mol. The molecule has 0 atom stereocenters. The van der Waals surface area contributed by atoms with Crippen molar-refractivity contribution in [1.29, 1.82) is 0 Å². The van der Waals surface area contributed by atoms with Gasteiger partial charge in [0, 0.05) is 10.7 Å². The molecule has 0 bridgehead atoms. The van der Waals surface area contributed by atoms with Crippen LogP contribution < -0.4 is 4.74 Å². The lowest BCUT2D eigenvalue weighted by molar-refractivity contribution is 0.339. The van der Waals surface area contributed by atoms with Crippen LogP contribution >= 0.6 is 26.6 Å². The van der Waals surface area contributed by atoms with Gasteiger partial charge in [0.1, 0.15) is 12.4 Å². The summed E-state index contributed by atoms with van der Waals surface area (Å²) in [7, 11) is 1.56. The number of hydrogen-bond donors (Lipinski definition) is 0. The van der Waals surface area contributed by atoms with Crippen LogP contribution in [0.25, 0.3) is 0 Å². The fourth-order valence-electron chi connectivity index (χ4n) is 0.974. The molecule has 0 fully saturated rings. The molecule has 0 spiro atoms. The average Bonchev–Trinajstić information content (AvgIpc) is 2.07. The molecule has 6 heteroatoms. The second kappa shape index (κ2) is 5.18. The average molecular weight is 314 g/mol. The first-order valence-electron chi connectivity index (χ1n) is 4.20. The van der Waals surface area contributed by atoms with Gasteiger partial charge in [-0.05, 0) is 40.5 Å². The predicted octanol–water partition coefficient (Wildman–Crippen LogP) is 2.70. The second-order valence-electron chi connectivity index (χ2n) is 3.03. The summed E-state index contributed by atoms with van der Waals surface area (Å²) >= 11 is 3.32. The summed E-state index contributed by atoms with van der Waals surface area (Å²) in [5.41, 5.74) is 1.10. The third kappa shape index (κ3) is 4.86. The van der Waals surface area contributed by atoms with E-state index < -0.39 is 9.05 Å². The van der Waals surface area contributed by atoms with E-state index >= 15 is 0 Å². The standard InChI is InChI=1S/C9H10BrClO3S/c1-7-2-3-9(8(10)6-7)14-4-5-15(11,12)13/h2-3,6H,4-5H2,1H3. The maximum atomic E-state index is 10.6. The number of ether oxygens (including phenoxy) is 1. The smallest absolute Gasteiger partial charge is 0.235 e. The molecule has 0 aliphatic carbocycles. The summed E-state index contributed by atoms with van der Waals surface area (Å²) in [5.74, 6) is 0.412. The Morgan fingerprint density at radius 1 is 1.47 bits per heavy atom. The largest absolute Gasteiger partial charge is 0.491 e. The van der Waals surface area contributed by atoms with Crippen molar-refractivity contribution < 1.29 is 13.2 Å². The Hall–Kier alpha value is -0.260. The second-order valence-corrected chi connectivity index (χ2v) is 6.78. The highest BCUT2D eigenvalue weighted by Crippen LogP contribution is 2.25. The highest BCUT2D eigenvalue weighted by molar-refractivity contribution is 9.10. The van der Waals surface area contributed by atoms with Crippen LogP contribution in [0.2, 0.25) is 0 Å². The van der Waals surface area contributed by atoms with Gasteiger partial charge in [-0.3, -0.25) is 0 Å². The third-order valence-electron chi connectivity index (χ3n) is 1.67. The zero-order chi connectivity index (χ0) is 11.5. The third-order valence-corrected chi connectivity index (χ3v) is 3.41. The molecular weight excluding hydrogens is 304 g/mol. The molecule has 0 heterocycles. The van der Waals surface area contributed by atoms with Gasteiger partial charge in [-0.1, -0.05) is 6.07 Å². The minimum Gasteiger partial charge on any atom is -0.491 e. The van der Waals surface area contributed by atoms with Crippen molar-refractivity contribution in [2.45, 2.75) is 6.92 Å². The van der Waals surface area contributed by atoms with Crippen LogP contribution in [-0.4, -0.2) is 20.8 Å². The molecule has 0 aliphatic rings. The topological polar surface area (TPSA) is 43.4 Å². The van der Waals surface area contributed by atoms with Crippen LogP contribution in [0.4, 0.5) is 0 Å². The van der Waals surface area contributed by atoms with E-state index in [2.05, 4.69) is 15.9 Å². The molecule has 1 aromatic rings. The van der Waals surface area contributed by atoms with Crippen molar-refractivity contribution in [1.82, 2.24) is 0 Å². The molecule has 1 aromatic carbocycles. The van der Waals surface area contributed by atoms with Gasteiger partial charge in [0.25, 0.3) is 0 Å². The van der Waals surface area contributed by atoms with E-state index in [1.807, 2.05) is 19.1 Å². The van der Waals surface area contributed by atoms with E-state index in [0.717, 1.165) is 10.0 Å². The van der Waals surface area contributed by atoms with Crippen molar-refractivity contribution in [3.63, 3.8) is 0 Å². The van der Waals surface area contributed by atoms with E-state index in [-0.39, 0.29) is 12.4 Å². The van der Waals surface area contributed by atoms with Crippen LogP contribution in [0.15, 0.2) is 22.7 Å². The first-order valence-corrected chi connectivity index (χ1v) is 7.47. The lowest BCUT2D eigenvalue weighted by atomic mass is 10.2. The SMILES string of the molecule is Cc1ccc(OCCS(=O)(=O)Cl)c(Br)c1. The van der Waals surface area contributed by atoms with Crippen LogP contribution in [0.1, 0.15) is 5.56 Å². The van der Waals surface area contributed by atoms with Gasteiger partial charge in [-0.2, -0.15) is 0 Å². The molecule has 0 saturated heterocycles. The first kappa shape index (κ1) is 12.8. The van der Waals surface area contributed by atoms with Gasteiger partial charge < -0.3 is 4.74 Å². The van der Waals surface area contributed by atoms with Crippen molar-refractivity contribution >= 4 is 35.7 Å². The molecule has 0 aromatic heterocycles. The molecule has 1 rings (SSSR count). The summed E-state index contributed by atoms with van der Waals surface area (Å²) in [6.07, 6.45) is 0. The summed E-state index contributed by atoms with van der Waals surface area (Å²) in [4.78, 5) is 0. The van der Waals surface area contributed by atoms with E-state index in [1.54, 1.807) is 6.07 Å². The Kier molecular flexibility index (Phi) is 4.43. The van der Waals surface area contributed by atoms with Crippen molar-refractivity contribution in [2.24, 2.45) is 0 Å². The summed E-state index contributed by atoms with van der Waals surface area (Å²) in [5, 5.41) is 0. The number of benzene rings is 1. The van der Waals surface area contributed by atoms with E-state index in [4.69, 9.17) is 15.4 Å². The Morgan fingerprint density at radius 2 is 2.13 bits per heavy atom. The summed E-state index contributed by atoms with van der Waals surface area (Å²) in [6, 6.07) is 5.56. The Bertz CT molecular complexity index is 445. The molecular formula is C9H10BrClO3S. The Balaban J connectivity index is 2.59. The number of rotatable bonds is 4. The van der Waals surface area contributed by atoms with Crippen molar-refractivity contribution in [3.8, 4) is 5.75 Å². The molecule has 0 unspecified atom stereocenters. The van der Waals surface area contributed by atoms with Gasteiger partial charge in [-0.15, -0.1) is 0 Å². The first-order chi connectivity index (χ1) is 6.88. The maximum absolute atomic E-state index is 10.6. The minimum absolute atomic E-state index is 0.0491. The zero-order valence-electron chi connectivity index (χ0n) is 8.04. The molecule has 84 valence electrons. The number of halogens is 2. The van der Waals surface area contributed by atoms with Gasteiger partial charge in [0.2, 0.25) is 9.05 Å². The molecule has 0 saturated carbocycles. The van der Waals surface area contributed by atoms with Crippen LogP contribution in [0, 0.1) is 6.92 Å². The summed E-state index contributed by atoms with van der Waals surface area (Å²) < 4.78 is 27.3. The van der Waals surface area contributed by atoms with E-state index in [9.17, 15) is 8.42 Å². The molecule has 0 amide bonds. The lowest BCUT2D eigenvalue weighted by Crippen LogP contribution is -2.08. The van der Waals surface area contributed by atoms with Crippen LogP contribution in [0.3, 0.4) is 0 Å². The zero-order valence-corrected chi connectivity index (χ0v) is 11.2. The van der Waals surface area contributed by atoms with Crippen molar-refractivity contribution in [3.05, 3.63) is 28.2 Å². The summed E-state index contributed by atoms with van der Waals surface area (Å²) in [6.45, 7) is 2.01. The van der Waals surface area contributed by atoms with E-state index in [1.165, 1.54) is 0 Å². The van der Waals surface area contributed by atoms with Crippen LogP contribution in [0.5, 0.6) is 5.75 Å². The fraction of sp³-hybridized carbons (Fsp3) is 0.333. The molecule has 3 nitrogen and oxygen atoms in total. The molecule has 15 heavy (non-hydrogen) atoms. The normalized spacial score (nSPS) is 11.4. The molecule has 0 aliphatic heterocycles. The number of aryl methyl sites for hydroxylation is 1. The van der Waals surface area contributed by atoms with Gasteiger partial charge in [0.05, 0.1) is 10.2 Å². The quantitative estimate of drug-likeness (QED) is 0.803. The highest BCUT2D eigenvalue weighted by Gasteiger charge is 2.06. The molecule has 0 N–H and O–H groups in total. The number of hydrogen-bond acceptors (Lipinski definition) is 3. The minimum atomic E-state index is -3.48. The highest BCUT2D eigenvalue weighted by atomic mass is 79.9. The fourth-order valence-corrected chi connectivity index (χ4v) is 2.05. The van der Waals surface area contributed by atoms with Gasteiger partial charge >= 0.3 is 0 Å². The van der Waals surface area contributed by atoms with Crippen molar-refractivity contribution in [2.75, 3.05) is 12.4 Å². The Labute approximate surface area is 102 Å². The van der Waals surface area contributed by atoms with E-state index in [0.29, 0.717) is 5.75 Å². The van der Waals surface area contributed by atoms with Crippen LogP contribution in [-0.2, 0) is 9.05 Å². The Morgan fingerprint density at radius 3 is 2.67 bits per heavy atom. The predicted molar refractivity (Wildman–Crippen MR) is 64.0 cm³/mol. The van der Waals surface area contributed by atoms with Gasteiger partial charge in [-0.25, -0.2) is 8.42 Å². The molecule has 0 radical (unpaired) electrons. The lowest BCUT2D eigenvalue weighted by Gasteiger charge is -2.07. The maximum Gasteiger partial charge on any atom is 0.235 e. The van der Waals surface area contributed by atoms with Gasteiger partial charge in [0.15, 0.2) is 0 Å².